The van der Waals surface area contributed by atoms with Crippen molar-refractivity contribution in [1.29, 1.82) is 0 Å². The molecular formula is C12H20O3. The molecule has 86 valence electrons. The second-order valence-electron chi connectivity index (χ2n) is 4.82. The highest BCUT2D eigenvalue weighted by Gasteiger charge is 2.52. The lowest BCUT2D eigenvalue weighted by molar-refractivity contribution is -0.147. The van der Waals surface area contributed by atoms with Crippen LogP contribution in [-0.2, 0) is 14.3 Å². The molecule has 1 saturated carbocycles. The minimum absolute atomic E-state index is 0.190. The molecule has 1 saturated heterocycles. The lowest BCUT2D eigenvalue weighted by Gasteiger charge is -2.08. The molecule has 2 rings (SSSR count). The van der Waals surface area contributed by atoms with Crippen molar-refractivity contribution in [1.82, 2.24) is 0 Å². The van der Waals surface area contributed by atoms with Crippen LogP contribution >= 0.6 is 0 Å². The van der Waals surface area contributed by atoms with Crippen molar-refractivity contribution in [3.63, 3.8) is 0 Å². The first kappa shape index (κ1) is 10.9. The number of hydrogen-bond donors (Lipinski definition) is 0. The third-order valence-electron chi connectivity index (χ3n) is 3.44. The van der Waals surface area contributed by atoms with Crippen molar-refractivity contribution in [2.45, 2.75) is 50.5 Å². The highest BCUT2D eigenvalue weighted by atomic mass is 16.6. The van der Waals surface area contributed by atoms with Crippen molar-refractivity contribution in [2.75, 3.05) is 13.7 Å². The molecule has 1 atom stereocenters. The van der Waals surface area contributed by atoms with Gasteiger partial charge in [0.15, 0.2) is 5.60 Å². The van der Waals surface area contributed by atoms with Crippen LogP contribution in [0.5, 0.6) is 0 Å². The molecule has 1 aliphatic heterocycles. The Balaban J connectivity index is 1.54. The van der Waals surface area contributed by atoms with E-state index in [1.165, 1.54) is 39.2 Å². The van der Waals surface area contributed by atoms with Crippen LogP contribution in [-0.4, -0.2) is 25.3 Å². The number of unbranched alkanes of at least 4 members (excludes halogenated alkanes) is 2. The Bertz CT molecular complexity index is 229. The number of ether oxygens (including phenoxy) is 2. The fourth-order valence-corrected chi connectivity index (χ4v) is 2.06. The maximum Gasteiger partial charge on any atom is 0.340 e. The lowest BCUT2D eigenvalue weighted by Crippen LogP contribution is -2.25. The normalized spacial score (nSPS) is 28.9. The van der Waals surface area contributed by atoms with Gasteiger partial charge < -0.3 is 9.47 Å². The molecule has 0 radical (unpaired) electrons. The molecule has 1 unspecified atom stereocenters. The quantitative estimate of drug-likeness (QED) is 0.369. The second kappa shape index (κ2) is 4.52. The van der Waals surface area contributed by atoms with Crippen LogP contribution in [0.4, 0.5) is 0 Å². The van der Waals surface area contributed by atoms with Gasteiger partial charge in [0.2, 0.25) is 0 Å². The molecule has 3 heteroatoms. The maximum atomic E-state index is 11.3. The molecule has 0 amide bonds. The molecule has 0 aromatic rings. The summed E-state index contributed by atoms with van der Waals surface area (Å²) < 4.78 is 9.93. The minimum Gasteiger partial charge on any atom is -0.467 e. The summed E-state index contributed by atoms with van der Waals surface area (Å²) in [6, 6.07) is 0. The summed E-state index contributed by atoms with van der Waals surface area (Å²) in [5, 5.41) is 0. The smallest absolute Gasteiger partial charge is 0.340 e. The van der Waals surface area contributed by atoms with Crippen molar-refractivity contribution >= 4 is 5.97 Å². The monoisotopic (exact) mass is 212 g/mol. The molecular weight excluding hydrogens is 192 g/mol. The van der Waals surface area contributed by atoms with Crippen LogP contribution in [0.2, 0.25) is 0 Å². The highest BCUT2D eigenvalue weighted by Crippen LogP contribution is 2.36. The van der Waals surface area contributed by atoms with Gasteiger partial charge in [-0.15, -0.1) is 0 Å². The second-order valence-corrected chi connectivity index (χ2v) is 4.82. The van der Waals surface area contributed by atoms with Crippen LogP contribution in [0, 0.1) is 5.92 Å². The third kappa shape index (κ3) is 2.94. The average Bonchev–Trinajstić information content (AvgIpc) is 3.11. The molecule has 0 aromatic heterocycles. The first-order chi connectivity index (χ1) is 7.27. The Morgan fingerprint density at radius 2 is 2.13 bits per heavy atom. The zero-order valence-corrected chi connectivity index (χ0v) is 9.46. The molecule has 15 heavy (non-hydrogen) atoms. The molecule has 2 aliphatic rings. The fourth-order valence-electron chi connectivity index (χ4n) is 2.06. The predicted molar refractivity (Wildman–Crippen MR) is 56.5 cm³/mol. The summed E-state index contributed by atoms with van der Waals surface area (Å²) in [6.07, 6.45) is 8.71. The summed E-state index contributed by atoms with van der Waals surface area (Å²) in [5.74, 6) is 0.835. The maximum absolute atomic E-state index is 11.3. The van der Waals surface area contributed by atoms with Crippen molar-refractivity contribution in [2.24, 2.45) is 5.92 Å². The topological polar surface area (TPSA) is 38.8 Å². The summed E-state index contributed by atoms with van der Waals surface area (Å²) in [4.78, 5) is 11.3. The Morgan fingerprint density at radius 1 is 1.40 bits per heavy atom. The third-order valence-corrected chi connectivity index (χ3v) is 3.44. The summed E-state index contributed by atoms with van der Waals surface area (Å²) in [7, 11) is 1.43. The predicted octanol–water partition coefficient (Wildman–Crippen LogP) is 2.29. The molecule has 0 spiro atoms. The van der Waals surface area contributed by atoms with Gasteiger partial charge in [0.1, 0.15) is 0 Å². The Labute approximate surface area is 91.1 Å². The zero-order chi connectivity index (χ0) is 10.7. The van der Waals surface area contributed by atoms with Gasteiger partial charge >= 0.3 is 5.97 Å². The van der Waals surface area contributed by atoms with E-state index in [0.717, 1.165) is 18.8 Å². The van der Waals surface area contributed by atoms with Crippen LogP contribution in [0.3, 0.4) is 0 Å². The van der Waals surface area contributed by atoms with Gasteiger partial charge in [-0.3, -0.25) is 0 Å². The van der Waals surface area contributed by atoms with Crippen molar-refractivity contribution in [3.8, 4) is 0 Å². The van der Waals surface area contributed by atoms with Gasteiger partial charge in [-0.2, -0.15) is 0 Å². The molecule has 0 bridgehead atoms. The molecule has 1 heterocycles. The van der Waals surface area contributed by atoms with E-state index >= 15 is 0 Å². The van der Waals surface area contributed by atoms with E-state index in [1.54, 1.807) is 0 Å². The van der Waals surface area contributed by atoms with E-state index in [9.17, 15) is 4.79 Å². The van der Waals surface area contributed by atoms with Crippen LogP contribution in [0.25, 0.3) is 0 Å². The fraction of sp³-hybridized carbons (Fsp3) is 0.917. The number of methoxy groups -OCH3 is 1. The molecule has 0 N–H and O–H groups in total. The van der Waals surface area contributed by atoms with Gasteiger partial charge in [0.05, 0.1) is 13.7 Å². The largest absolute Gasteiger partial charge is 0.467 e. The molecule has 2 fully saturated rings. The molecule has 1 aliphatic carbocycles. The molecule has 3 nitrogen and oxygen atoms in total. The van der Waals surface area contributed by atoms with Crippen molar-refractivity contribution in [3.05, 3.63) is 0 Å². The van der Waals surface area contributed by atoms with E-state index < -0.39 is 5.60 Å². The van der Waals surface area contributed by atoms with Gasteiger partial charge in [0.25, 0.3) is 0 Å². The van der Waals surface area contributed by atoms with E-state index in [4.69, 9.17) is 9.47 Å². The SMILES string of the molecule is COC(=O)C1(CCCCCC2CC2)CO1. The Hall–Kier alpha value is -0.570. The van der Waals surface area contributed by atoms with Gasteiger partial charge in [-0.25, -0.2) is 4.79 Å². The first-order valence-corrected chi connectivity index (χ1v) is 5.99. The first-order valence-electron chi connectivity index (χ1n) is 5.99. The summed E-state index contributed by atoms with van der Waals surface area (Å²) in [6.45, 7) is 0.558. The van der Waals surface area contributed by atoms with Crippen molar-refractivity contribution < 1.29 is 14.3 Å². The number of epoxide rings is 1. The van der Waals surface area contributed by atoms with Gasteiger partial charge in [-0.1, -0.05) is 32.1 Å². The molecule has 0 aromatic carbocycles. The van der Waals surface area contributed by atoms with Gasteiger partial charge in [-0.05, 0) is 18.8 Å². The Morgan fingerprint density at radius 3 is 2.67 bits per heavy atom. The summed E-state index contributed by atoms with van der Waals surface area (Å²) >= 11 is 0. The Kier molecular flexibility index (Phi) is 3.29. The lowest BCUT2D eigenvalue weighted by atomic mass is 10.0. The number of carbonyl (C=O) groups excluding carboxylic acids is 1. The van der Waals surface area contributed by atoms with Crippen LogP contribution < -0.4 is 0 Å². The van der Waals surface area contributed by atoms with E-state index in [0.29, 0.717) is 6.61 Å². The minimum atomic E-state index is -0.547. The van der Waals surface area contributed by atoms with E-state index in [1.807, 2.05) is 0 Å². The van der Waals surface area contributed by atoms with E-state index in [2.05, 4.69) is 0 Å². The standard InChI is InChI=1S/C12H20O3/c1-14-11(13)12(9-15-12)8-4-2-3-5-10-6-7-10/h10H,2-9H2,1H3. The van der Waals surface area contributed by atoms with Crippen LogP contribution in [0.15, 0.2) is 0 Å². The zero-order valence-electron chi connectivity index (χ0n) is 9.46. The van der Waals surface area contributed by atoms with Crippen LogP contribution in [0.1, 0.15) is 44.9 Å². The number of hydrogen-bond acceptors (Lipinski definition) is 3. The number of rotatable bonds is 7. The summed E-state index contributed by atoms with van der Waals surface area (Å²) in [5.41, 5.74) is -0.547. The average molecular weight is 212 g/mol. The number of carbonyl (C=O) groups is 1. The highest BCUT2D eigenvalue weighted by molar-refractivity contribution is 5.82. The van der Waals surface area contributed by atoms with E-state index in [-0.39, 0.29) is 5.97 Å². The number of esters is 1. The van der Waals surface area contributed by atoms with Gasteiger partial charge in [0, 0.05) is 0 Å².